The third-order valence-electron chi connectivity index (χ3n) is 2.82. The third-order valence-corrected chi connectivity index (χ3v) is 4.51. The number of halogens is 4. The Bertz CT molecular complexity index is 677. The van der Waals surface area contributed by atoms with Crippen LogP contribution in [0.25, 0.3) is 0 Å². The number of ether oxygens (including phenoxy) is 1. The van der Waals surface area contributed by atoms with Crippen LogP contribution in [0.4, 0.5) is 0 Å². The van der Waals surface area contributed by atoms with E-state index >= 15 is 0 Å². The molecule has 1 aliphatic rings. The molecule has 0 unspecified atom stereocenters. The van der Waals surface area contributed by atoms with Gasteiger partial charge in [-0.25, -0.2) is 4.98 Å². The minimum absolute atomic E-state index is 0.358. The number of benzene rings is 1. The van der Waals surface area contributed by atoms with Gasteiger partial charge in [-0.1, -0.05) is 34.8 Å². The van der Waals surface area contributed by atoms with Crippen molar-refractivity contribution in [3.63, 3.8) is 0 Å². The Labute approximate surface area is 139 Å². The zero-order valence-corrected chi connectivity index (χ0v) is 13.9. The molecule has 1 fully saturated rings. The van der Waals surface area contributed by atoms with Gasteiger partial charge in [0.1, 0.15) is 16.7 Å². The maximum Gasteiger partial charge on any atom is 0.224 e. The van der Waals surface area contributed by atoms with Crippen LogP contribution in [0.3, 0.4) is 0 Å². The lowest BCUT2D eigenvalue weighted by Crippen LogP contribution is -1.96. The number of aromatic nitrogens is 2. The first-order valence-corrected chi connectivity index (χ1v) is 7.82. The molecule has 0 bridgehead atoms. The standard InChI is InChI=1S/C13H8BrCl3N2O/c14-7-3-9(16)10(4-8(7)15)20-12-5-11(17)18-13(19-12)6-1-2-6/h3-6H,1-2H2. The van der Waals surface area contributed by atoms with E-state index in [0.29, 0.717) is 43.0 Å². The maximum absolute atomic E-state index is 6.12. The molecule has 0 radical (unpaired) electrons. The van der Waals surface area contributed by atoms with Gasteiger partial charge in [0.15, 0.2) is 0 Å². The fourth-order valence-corrected chi connectivity index (χ4v) is 2.70. The molecule has 0 N–H and O–H groups in total. The Balaban J connectivity index is 1.92. The SMILES string of the molecule is Clc1cc(Oc2cc(Cl)c(Br)cc2Cl)nc(C2CC2)n1. The average molecular weight is 394 g/mol. The highest BCUT2D eigenvalue weighted by molar-refractivity contribution is 9.10. The zero-order chi connectivity index (χ0) is 14.3. The molecule has 0 aliphatic heterocycles. The first kappa shape index (κ1) is 14.4. The summed E-state index contributed by atoms with van der Waals surface area (Å²) in [6.45, 7) is 0. The Morgan fingerprint density at radius 1 is 1.05 bits per heavy atom. The van der Waals surface area contributed by atoms with Crippen molar-refractivity contribution < 1.29 is 4.74 Å². The van der Waals surface area contributed by atoms with Crippen LogP contribution in [0, 0.1) is 0 Å². The van der Waals surface area contributed by atoms with E-state index < -0.39 is 0 Å². The van der Waals surface area contributed by atoms with E-state index in [0.717, 1.165) is 12.8 Å². The number of nitrogens with zero attached hydrogens (tertiary/aromatic N) is 2. The molecule has 0 atom stereocenters. The van der Waals surface area contributed by atoms with Crippen LogP contribution in [0.2, 0.25) is 15.2 Å². The molecule has 1 aromatic heterocycles. The fourth-order valence-electron chi connectivity index (χ4n) is 1.69. The normalized spacial score (nSPS) is 14.4. The van der Waals surface area contributed by atoms with Crippen LogP contribution in [0.1, 0.15) is 24.6 Å². The van der Waals surface area contributed by atoms with E-state index in [-0.39, 0.29) is 0 Å². The molecule has 0 saturated heterocycles. The summed E-state index contributed by atoms with van der Waals surface area (Å²) >= 11 is 21.4. The van der Waals surface area contributed by atoms with Gasteiger partial charge < -0.3 is 4.74 Å². The van der Waals surface area contributed by atoms with Gasteiger partial charge in [-0.3, -0.25) is 0 Å². The molecule has 20 heavy (non-hydrogen) atoms. The van der Waals surface area contributed by atoms with E-state index in [9.17, 15) is 0 Å². The highest BCUT2D eigenvalue weighted by Crippen LogP contribution is 2.40. The van der Waals surface area contributed by atoms with Crippen molar-refractivity contribution in [3.05, 3.63) is 43.7 Å². The number of hydrogen-bond acceptors (Lipinski definition) is 3. The summed E-state index contributed by atoms with van der Waals surface area (Å²) in [4.78, 5) is 8.55. The molecule has 3 nitrogen and oxygen atoms in total. The van der Waals surface area contributed by atoms with Crippen molar-refractivity contribution in [2.24, 2.45) is 0 Å². The van der Waals surface area contributed by atoms with Crippen molar-refractivity contribution in [2.45, 2.75) is 18.8 Å². The molecule has 7 heteroatoms. The Kier molecular flexibility index (Phi) is 4.09. The van der Waals surface area contributed by atoms with Crippen LogP contribution in [0.5, 0.6) is 11.6 Å². The largest absolute Gasteiger partial charge is 0.437 e. The summed E-state index contributed by atoms with van der Waals surface area (Å²) in [5.74, 6) is 1.90. The van der Waals surface area contributed by atoms with Gasteiger partial charge in [0.2, 0.25) is 5.88 Å². The molecule has 104 valence electrons. The van der Waals surface area contributed by atoms with E-state index in [2.05, 4.69) is 25.9 Å². The van der Waals surface area contributed by atoms with Crippen molar-refractivity contribution in [1.82, 2.24) is 9.97 Å². The molecule has 0 amide bonds. The van der Waals surface area contributed by atoms with E-state index in [1.165, 1.54) is 0 Å². The molecular formula is C13H8BrCl3N2O. The van der Waals surface area contributed by atoms with Crippen LogP contribution < -0.4 is 4.74 Å². The molecule has 1 aliphatic carbocycles. The Morgan fingerprint density at radius 3 is 2.50 bits per heavy atom. The highest BCUT2D eigenvalue weighted by atomic mass is 79.9. The molecule has 2 aromatic rings. The van der Waals surface area contributed by atoms with Crippen molar-refractivity contribution in [1.29, 1.82) is 0 Å². The lowest BCUT2D eigenvalue weighted by atomic mass is 10.3. The molecule has 1 heterocycles. The van der Waals surface area contributed by atoms with Gasteiger partial charge in [-0.05, 0) is 34.8 Å². The highest BCUT2D eigenvalue weighted by Gasteiger charge is 2.27. The second-order valence-corrected chi connectivity index (χ2v) is 6.52. The minimum Gasteiger partial charge on any atom is -0.437 e. The van der Waals surface area contributed by atoms with E-state index in [1.54, 1.807) is 18.2 Å². The fraction of sp³-hybridized carbons (Fsp3) is 0.231. The van der Waals surface area contributed by atoms with Crippen LogP contribution in [-0.2, 0) is 0 Å². The summed E-state index contributed by atoms with van der Waals surface area (Å²) in [5, 5.41) is 1.30. The lowest BCUT2D eigenvalue weighted by Gasteiger charge is -2.09. The third kappa shape index (κ3) is 3.19. The van der Waals surface area contributed by atoms with Gasteiger partial charge in [0.05, 0.1) is 10.0 Å². The van der Waals surface area contributed by atoms with Crippen LogP contribution >= 0.6 is 50.7 Å². The molecule has 3 rings (SSSR count). The molecular weight excluding hydrogens is 386 g/mol. The van der Waals surface area contributed by atoms with Crippen molar-refractivity contribution in [2.75, 3.05) is 0 Å². The summed E-state index contributed by atoms with van der Waals surface area (Å²) in [6.07, 6.45) is 2.18. The molecule has 0 spiro atoms. The van der Waals surface area contributed by atoms with Gasteiger partial charge in [-0.15, -0.1) is 0 Å². The second-order valence-electron chi connectivity index (χ2n) is 4.46. The van der Waals surface area contributed by atoms with Crippen LogP contribution in [-0.4, -0.2) is 9.97 Å². The number of hydrogen-bond donors (Lipinski definition) is 0. The van der Waals surface area contributed by atoms with Gasteiger partial charge in [0, 0.05) is 22.5 Å². The Morgan fingerprint density at radius 2 is 1.80 bits per heavy atom. The predicted molar refractivity (Wildman–Crippen MR) is 83.3 cm³/mol. The summed E-state index contributed by atoms with van der Waals surface area (Å²) in [6, 6.07) is 4.85. The first-order chi connectivity index (χ1) is 9.52. The van der Waals surface area contributed by atoms with E-state index in [4.69, 9.17) is 39.5 Å². The predicted octanol–water partition coefficient (Wildman–Crippen LogP) is 5.87. The minimum atomic E-state index is 0.358. The van der Waals surface area contributed by atoms with Crippen molar-refractivity contribution >= 4 is 50.7 Å². The van der Waals surface area contributed by atoms with Crippen molar-refractivity contribution in [3.8, 4) is 11.6 Å². The maximum atomic E-state index is 6.12. The van der Waals surface area contributed by atoms with Gasteiger partial charge in [-0.2, -0.15) is 4.98 Å². The summed E-state index contributed by atoms with van der Waals surface area (Å²) < 4.78 is 6.38. The summed E-state index contributed by atoms with van der Waals surface area (Å²) in [5.41, 5.74) is 0. The topological polar surface area (TPSA) is 35.0 Å². The quantitative estimate of drug-likeness (QED) is 0.482. The molecule has 1 aromatic carbocycles. The average Bonchev–Trinajstić information content (AvgIpc) is 3.19. The molecule has 1 saturated carbocycles. The van der Waals surface area contributed by atoms with Gasteiger partial charge in [0.25, 0.3) is 0 Å². The lowest BCUT2D eigenvalue weighted by molar-refractivity contribution is 0.458. The van der Waals surface area contributed by atoms with Crippen LogP contribution in [0.15, 0.2) is 22.7 Å². The van der Waals surface area contributed by atoms with E-state index in [1.807, 2.05) is 0 Å². The Hall–Kier alpha value is -0.550. The second kappa shape index (κ2) is 5.68. The first-order valence-electron chi connectivity index (χ1n) is 5.90. The smallest absolute Gasteiger partial charge is 0.224 e. The summed E-state index contributed by atoms with van der Waals surface area (Å²) in [7, 11) is 0. The monoisotopic (exact) mass is 392 g/mol. The van der Waals surface area contributed by atoms with Gasteiger partial charge >= 0.3 is 0 Å². The number of rotatable bonds is 3. The zero-order valence-electron chi connectivity index (χ0n) is 10.0.